The normalized spacial score (nSPS) is 21.3. The van der Waals surface area contributed by atoms with Crippen molar-refractivity contribution < 1.29 is 19.1 Å². The van der Waals surface area contributed by atoms with E-state index in [2.05, 4.69) is 10.2 Å². The Hall–Kier alpha value is -2.28. The minimum absolute atomic E-state index is 0.131. The molecule has 7 nitrogen and oxygen atoms in total. The summed E-state index contributed by atoms with van der Waals surface area (Å²) >= 11 is 0. The van der Waals surface area contributed by atoms with Crippen LogP contribution in [0.25, 0.3) is 0 Å². The monoisotopic (exact) mass is 319 g/mol. The minimum atomic E-state index is -0.375. The van der Waals surface area contributed by atoms with Gasteiger partial charge in [-0.1, -0.05) is 6.07 Å². The number of morpholine rings is 1. The van der Waals surface area contributed by atoms with E-state index in [0.717, 1.165) is 37.7 Å². The SMILES string of the molecule is CC(=O)NC[C@H]1CN(c2cccc(N3CCOCC3)c2)C(=O)O1. The van der Waals surface area contributed by atoms with Gasteiger partial charge in [-0.15, -0.1) is 0 Å². The first-order valence-corrected chi connectivity index (χ1v) is 7.79. The fraction of sp³-hybridized carbons (Fsp3) is 0.500. The topological polar surface area (TPSA) is 71.1 Å². The largest absolute Gasteiger partial charge is 0.442 e. The van der Waals surface area contributed by atoms with Crippen molar-refractivity contribution >= 4 is 23.4 Å². The van der Waals surface area contributed by atoms with Crippen LogP contribution in [0.15, 0.2) is 24.3 Å². The number of rotatable bonds is 4. The maximum absolute atomic E-state index is 12.1. The number of cyclic esters (lactones) is 1. The minimum Gasteiger partial charge on any atom is -0.442 e. The average Bonchev–Trinajstić information content (AvgIpc) is 2.95. The first-order chi connectivity index (χ1) is 11.1. The summed E-state index contributed by atoms with van der Waals surface area (Å²) in [6.07, 6.45) is -0.696. The van der Waals surface area contributed by atoms with Crippen molar-refractivity contribution in [1.82, 2.24) is 5.32 Å². The van der Waals surface area contributed by atoms with Crippen LogP contribution in [-0.2, 0) is 14.3 Å². The smallest absolute Gasteiger partial charge is 0.414 e. The van der Waals surface area contributed by atoms with Gasteiger partial charge in [0, 0.05) is 31.4 Å². The summed E-state index contributed by atoms with van der Waals surface area (Å²) in [4.78, 5) is 26.9. The van der Waals surface area contributed by atoms with Gasteiger partial charge in [-0.05, 0) is 18.2 Å². The van der Waals surface area contributed by atoms with Crippen LogP contribution in [0.2, 0.25) is 0 Å². The summed E-state index contributed by atoms with van der Waals surface area (Å²) in [5.41, 5.74) is 1.88. The summed E-state index contributed by atoms with van der Waals surface area (Å²) in [7, 11) is 0. The van der Waals surface area contributed by atoms with E-state index in [4.69, 9.17) is 9.47 Å². The van der Waals surface area contributed by atoms with Gasteiger partial charge in [-0.25, -0.2) is 4.79 Å². The Balaban J connectivity index is 1.69. The second-order valence-corrected chi connectivity index (χ2v) is 5.67. The fourth-order valence-electron chi connectivity index (χ4n) is 2.78. The van der Waals surface area contributed by atoms with E-state index in [1.807, 2.05) is 24.3 Å². The number of anilines is 2. The van der Waals surface area contributed by atoms with Gasteiger partial charge < -0.3 is 19.7 Å². The van der Waals surface area contributed by atoms with Crippen LogP contribution in [0.1, 0.15) is 6.92 Å². The van der Waals surface area contributed by atoms with E-state index in [1.165, 1.54) is 6.92 Å². The van der Waals surface area contributed by atoms with Gasteiger partial charge in [0.25, 0.3) is 0 Å². The molecule has 2 saturated heterocycles. The number of nitrogens with one attached hydrogen (secondary N) is 1. The zero-order valence-corrected chi connectivity index (χ0v) is 13.2. The third-order valence-electron chi connectivity index (χ3n) is 3.97. The van der Waals surface area contributed by atoms with Crippen molar-refractivity contribution in [3.8, 4) is 0 Å². The molecule has 1 aromatic carbocycles. The van der Waals surface area contributed by atoms with Crippen LogP contribution in [0.3, 0.4) is 0 Å². The maximum atomic E-state index is 12.1. The standard InChI is InChI=1S/C16H21N3O4/c1-12(20)17-10-15-11-19(16(21)23-15)14-4-2-3-13(9-14)18-5-7-22-8-6-18/h2-4,9,15H,5-8,10-11H2,1H3,(H,17,20)/t15-/m0/s1. The third-order valence-corrected chi connectivity index (χ3v) is 3.97. The summed E-state index contributed by atoms with van der Waals surface area (Å²) in [5, 5.41) is 2.68. The lowest BCUT2D eigenvalue weighted by Gasteiger charge is -2.29. The van der Waals surface area contributed by atoms with E-state index >= 15 is 0 Å². The van der Waals surface area contributed by atoms with Gasteiger partial charge in [-0.3, -0.25) is 9.69 Å². The molecule has 0 unspecified atom stereocenters. The summed E-state index contributed by atoms with van der Waals surface area (Å²) in [6.45, 7) is 5.34. The lowest BCUT2D eigenvalue weighted by molar-refractivity contribution is -0.119. The Morgan fingerprint density at radius 1 is 1.30 bits per heavy atom. The van der Waals surface area contributed by atoms with Crippen LogP contribution in [0, 0.1) is 0 Å². The highest BCUT2D eigenvalue weighted by Gasteiger charge is 2.32. The quantitative estimate of drug-likeness (QED) is 0.896. The zero-order valence-electron chi connectivity index (χ0n) is 13.2. The van der Waals surface area contributed by atoms with Gasteiger partial charge in [-0.2, -0.15) is 0 Å². The van der Waals surface area contributed by atoms with Crippen LogP contribution >= 0.6 is 0 Å². The molecule has 3 rings (SSSR count). The number of carbonyl (C=O) groups excluding carboxylic acids is 2. The molecule has 23 heavy (non-hydrogen) atoms. The number of amides is 2. The van der Waals surface area contributed by atoms with Gasteiger partial charge in [0.15, 0.2) is 0 Å². The average molecular weight is 319 g/mol. The van der Waals surface area contributed by atoms with Crippen molar-refractivity contribution in [1.29, 1.82) is 0 Å². The number of ether oxygens (including phenoxy) is 2. The highest BCUT2D eigenvalue weighted by molar-refractivity contribution is 5.90. The van der Waals surface area contributed by atoms with Crippen molar-refractivity contribution in [2.24, 2.45) is 0 Å². The first-order valence-electron chi connectivity index (χ1n) is 7.79. The van der Waals surface area contributed by atoms with Crippen LogP contribution in [-0.4, -0.2) is 57.5 Å². The van der Waals surface area contributed by atoms with E-state index in [-0.39, 0.29) is 18.1 Å². The molecule has 2 heterocycles. The third kappa shape index (κ3) is 3.73. The number of benzene rings is 1. The van der Waals surface area contributed by atoms with E-state index < -0.39 is 0 Å². The first kappa shape index (κ1) is 15.6. The predicted molar refractivity (Wildman–Crippen MR) is 85.8 cm³/mol. The predicted octanol–water partition coefficient (Wildman–Crippen LogP) is 0.984. The number of nitrogens with zero attached hydrogens (tertiary/aromatic N) is 2. The number of hydrogen-bond donors (Lipinski definition) is 1. The van der Waals surface area contributed by atoms with Crippen LogP contribution in [0.5, 0.6) is 0 Å². The molecule has 2 fully saturated rings. The highest BCUT2D eigenvalue weighted by Crippen LogP contribution is 2.26. The fourth-order valence-corrected chi connectivity index (χ4v) is 2.78. The molecule has 2 aliphatic rings. The Bertz CT molecular complexity index is 586. The molecule has 0 aliphatic carbocycles. The lowest BCUT2D eigenvalue weighted by atomic mass is 10.2. The van der Waals surface area contributed by atoms with Gasteiger partial charge >= 0.3 is 6.09 Å². The molecule has 7 heteroatoms. The lowest BCUT2D eigenvalue weighted by Crippen LogP contribution is -2.36. The highest BCUT2D eigenvalue weighted by atomic mass is 16.6. The zero-order chi connectivity index (χ0) is 16.2. The van der Waals surface area contributed by atoms with Crippen LogP contribution < -0.4 is 15.1 Å². The van der Waals surface area contributed by atoms with E-state index in [9.17, 15) is 9.59 Å². The second kappa shape index (κ2) is 6.87. The van der Waals surface area contributed by atoms with Gasteiger partial charge in [0.2, 0.25) is 5.91 Å². The molecule has 1 aromatic rings. The van der Waals surface area contributed by atoms with Crippen molar-refractivity contribution in [3.05, 3.63) is 24.3 Å². The molecule has 1 N–H and O–H groups in total. The Kier molecular flexibility index (Phi) is 4.66. The molecule has 0 bridgehead atoms. The molecule has 2 aliphatic heterocycles. The Morgan fingerprint density at radius 3 is 2.78 bits per heavy atom. The van der Waals surface area contributed by atoms with Crippen molar-refractivity contribution in [3.63, 3.8) is 0 Å². The molecule has 124 valence electrons. The summed E-state index contributed by atoms with van der Waals surface area (Å²) < 4.78 is 10.7. The van der Waals surface area contributed by atoms with E-state index in [0.29, 0.717) is 13.1 Å². The Morgan fingerprint density at radius 2 is 2.04 bits per heavy atom. The van der Waals surface area contributed by atoms with Crippen molar-refractivity contribution in [2.45, 2.75) is 13.0 Å². The van der Waals surface area contributed by atoms with Gasteiger partial charge in [0.05, 0.1) is 26.3 Å². The Labute approximate surface area is 135 Å². The molecule has 0 saturated carbocycles. The molecule has 0 radical (unpaired) electrons. The summed E-state index contributed by atoms with van der Waals surface area (Å²) in [5.74, 6) is -0.131. The van der Waals surface area contributed by atoms with E-state index in [1.54, 1.807) is 4.90 Å². The van der Waals surface area contributed by atoms with Crippen LogP contribution in [0.4, 0.5) is 16.2 Å². The van der Waals surface area contributed by atoms with Crippen molar-refractivity contribution in [2.75, 3.05) is 49.2 Å². The molecular weight excluding hydrogens is 298 g/mol. The van der Waals surface area contributed by atoms with Gasteiger partial charge in [0.1, 0.15) is 6.10 Å². The molecule has 0 aromatic heterocycles. The summed E-state index contributed by atoms with van der Waals surface area (Å²) in [6, 6.07) is 7.86. The number of carbonyl (C=O) groups is 2. The molecule has 0 spiro atoms. The maximum Gasteiger partial charge on any atom is 0.414 e. The molecular formula is C16H21N3O4. The number of hydrogen-bond acceptors (Lipinski definition) is 5. The molecule has 1 atom stereocenters. The molecule has 2 amide bonds. The second-order valence-electron chi connectivity index (χ2n) is 5.67.